The van der Waals surface area contributed by atoms with Crippen LogP contribution in [-0.4, -0.2) is 27.9 Å². The normalized spacial score (nSPS) is 15.8. The molecule has 0 heterocycles. The van der Waals surface area contributed by atoms with Gasteiger partial charge in [-0.2, -0.15) is 0 Å². The predicted molar refractivity (Wildman–Crippen MR) is 90.2 cm³/mol. The van der Waals surface area contributed by atoms with E-state index in [1.54, 1.807) is 18.7 Å². The highest BCUT2D eigenvalue weighted by Crippen LogP contribution is 2.30. The number of carbonyl (C=O) groups is 1. The van der Waals surface area contributed by atoms with Gasteiger partial charge in [0.2, 0.25) is 0 Å². The summed E-state index contributed by atoms with van der Waals surface area (Å²) in [6, 6.07) is 6.54. The molecule has 1 aromatic rings. The number of aliphatic carboxylic acids is 1. The van der Waals surface area contributed by atoms with Crippen LogP contribution in [0.25, 0.3) is 0 Å². The minimum Gasteiger partial charge on any atom is -0.480 e. The summed E-state index contributed by atoms with van der Waals surface area (Å²) in [7, 11) is 0. The molecule has 0 amide bonds. The molecule has 0 saturated heterocycles. The highest BCUT2D eigenvalue weighted by atomic mass is 32.2. The maximum atomic E-state index is 11.6. The van der Waals surface area contributed by atoms with Crippen LogP contribution in [0, 0.1) is 13.8 Å². The minimum atomic E-state index is -0.889. The average molecular weight is 309 g/mol. The topological polar surface area (TPSA) is 49.3 Å². The van der Waals surface area contributed by atoms with Crippen LogP contribution in [0.4, 0.5) is 0 Å². The molecule has 0 spiro atoms. The zero-order chi connectivity index (χ0) is 16.2. The Hall–Kier alpha value is -1.00. The van der Waals surface area contributed by atoms with Crippen molar-refractivity contribution in [3.63, 3.8) is 0 Å². The van der Waals surface area contributed by atoms with Gasteiger partial charge in [0.05, 0.1) is 0 Å². The van der Waals surface area contributed by atoms with Gasteiger partial charge in [-0.1, -0.05) is 13.0 Å². The molecule has 0 aliphatic carbocycles. The zero-order valence-electron chi connectivity index (χ0n) is 13.9. The Morgan fingerprint density at radius 2 is 1.90 bits per heavy atom. The first-order chi connectivity index (χ1) is 9.64. The highest BCUT2D eigenvalue weighted by molar-refractivity contribution is 7.99. The summed E-state index contributed by atoms with van der Waals surface area (Å²) in [5, 5.41) is 12.9. The quantitative estimate of drug-likeness (QED) is 0.747. The Kier molecular flexibility index (Phi) is 6.29. The fourth-order valence-corrected chi connectivity index (χ4v) is 3.75. The van der Waals surface area contributed by atoms with Gasteiger partial charge in [-0.05, 0) is 64.3 Å². The third kappa shape index (κ3) is 5.36. The van der Waals surface area contributed by atoms with E-state index in [1.165, 1.54) is 16.0 Å². The molecule has 118 valence electrons. The standard InChI is InChI=1S/C17H27NO2S/c1-11(2)18-17(6,16(19)20)10-14(5)21-15-8-7-12(3)13(4)9-15/h7-9,11,14,18H,10H2,1-6H3,(H,19,20). The number of rotatable bonds is 7. The Bertz CT molecular complexity index is 502. The monoisotopic (exact) mass is 309 g/mol. The molecule has 2 N–H and O–H groups in total. The van der Waals surface area contributed by atoms with Gasteiger partial charge in [-0.15, -0.1) is 11.8 Å². The number of thioether (sulfide) groups is 1. The van der Waals surface area contributed by atoms with E-state index in [2.05, 4.69) is 44.3 Å². The Morgan fingerprint density at radius 1 is 1.29 bits per heavy atom. The smallest absolute Gasteiger partial charge is 0.323 e. The molecule has 0 radical (unpaired) electrons. The summed E-state index contributed by atoms with van der Waals surface area (Å²) in [4.78, 5) is 12.8. The fourth-order valence-electron chi connectivity index (χ4n) is 2.48. The molecule has 3 nitrogen and oxygen atoms in total. The molecule has 0 fully saturated rings. The lowest BCUT2D eigenvalue weighted by Gasteiger charge is -2.31. The lowest BCUT2D eigenvalue weighted by atomic mass is 9.95. The van der Waals surface area contributed by atoms with E-state index >= 15 is 0 Å². The van der Waals surface area contributed by atoms with E-state index in [4.69, 9.17) is 0 Å². The third-order valence-corrected chi connectivity index (χ3v) is 4.69. The summed E-state index contributed by atoms with van der Waals surface area (Å²) in [6.07, 6.45) is 0.581. The molecule has 21 heavy (non-hydrogen) atoms. The van der Waals surface area contributed by atoms with Crippen LogP contribution in [0.3, 0.4) is 0 Å². The molecule has 4 heteroatoms. The van der Waals surface area contributed by atoms with Crippen LogP contribution in [0.2, 0.25) is 0 Å². The van der Waals surface area contributed by atoms with E-state index in [0.717, 1.165) is 0 Å². The van der Waals surface area contributed by atoms with E-state index in [-0.39, 0.29) is 11.3 Å². The van der Waals surface area contributed by atoms with Gasteiger partial charge in [0, 0.05) is 16.2 Å². The van der Waals surface area contributed by atoms with Crippen LogP contribution in [-0.2, 0) is 4.79 Å². The molecule has 0 aliphatic heterocycles. The van der Waals surface area contributed by atoms with Crippen molar-refractivity contribution in [2.24, 2.45) is 0 Å². The highest BCUT2D eigenvalue weighted by Gasteiger charge is 2.35. The number of carboxylic acid groups (broad SMARTS) is 1. The van der Waals surface area contributed by atoms with Gasteiger partial charge in [-0.3, -0.25) is 10.1 Å². The van der Waals surface area contributed by atoms with Gasteiger partial charge in [0.25, 0.3) is 0 Å². The fraction of sp³-hybridized carbons (Fsp3) is 0.588. The summed E-state index contributed by atoms with van der Waals surface area (Å²) in [5.74, 6) is -0.788. The number of hydrogen-bond donors (Lipinski definition) is 2. The summed E-state index contributed by atoms with van der Waals surface area (Å²) >= 11 is 1.73. The van der Waals surface area contributed by atoms with Gasteiger partial charge in [0.1, 0.15) is 5.54 Å². The second-order valence-electron chi connectivity index (χ2n) is 6.31. The van der Waals surface area contributed by atoms with Crippen LogP contribution in [0.1, 0.15) is 45.2 Å². The van der Waals surface area contributed by atoms with Crippen LogP contribution >= 0.6 is 11.8 Å². The molecule has 1 rings (SSSR count). The van der Waals surface area contributed by atoms with Crippen molar-refractivity contribution in [2.75, 3.05) is 0 Å². The van der Waals surface area contributed by atoms with Crippen LogP contribution in [0.5, 0.6) is 0 Å². The molecule has 0 bridgehead atoms. The van der Waals surface area contributed by atoms with Crippen molar-refractivity contribution in [1.82, 2.24) is 5.32 Å². The number of nitrogens with one attached hydrogen (secondary N) is 1. The first-order valence-corrected chi connectivity index (χ1v) is 8.27. The number of hydrogen-bond acceptors (Lipinski definition) is 3. The minimum absolute atomic E-state index is 0.143. The second-order valence-corrected chi connectivity index (χ2v) is 7.83. The molecule has 0 aromatic heterocycles. The maximum absolute atomic E-state index is 11.6. The lowest BCUT2D eigenvalue weighted by Crippen LogP contribution is -2.53. The van der Waals surface area contributed by atoms with Gasteiger partial charge < -0.3 is 5.11 Å². The summed E-state index contributed by atoms with van der Waals surface area (Å²) in [6.45, 7) is 12.0. The SMILES string of the molecule is Cc1ccc(SC(C)CC(C)(NC(C)C)C(=O)O)cc1C. The van der Waals surface area contributed by atoms with E-state index in [9.17, 15) is 9.90 Å². The molecule has 0 saturated carbocycles. The largest absolute Gasteiger partial charge is 0.480 e. The Morgan fingerprint density at radius 3 is 2.38 bits per heavy atom. The van der Waals surface area contributed by atoms with Gasteiger partial charge in [0.15, 0.2) is 0 Å². The molecular weight excluding hydrogens is 282 g/mol. The Balaban J connectivity index is 2.76. The van der Waals surface area contributed by atoms with Crippen molar-refractivity contribution in [1.29, 1.82) is 0 Å². The third-order valence-electron chi connectivity index (χ3n) is 3.59. The Labute approximate surface area is 132 Å². The van der Waals surface area contributed by atoms with Crippen molar-refractivity contribution < 1.29 is 9.90 Å². The molecule has 2 unspecified atom stereocenters. The summed E-state index contributed by atoms with van der Waals surface area (Å²) < 4.78 is 0. The molecule has 0 aliphatic rings. The first kappa shape index (κ1) is 18.1. The average Bonchev–Trinajstić information content (AvgIpc) is 2.32. The zero-order valence-corrected chi connectivity index (χ0v) is 14.7. The van der Waals surface area contributed by atoms with Crippen molar-refractivity contribution in [3.05, 3.63) is 29.3 Å². The lowest BCUT2D eigenvalue weighted by molar-refractivity contribution is -0.144. The second kappa shape index (κ2) is 7.32. The molecule has 1 aromatic carbocycles. The van der Waals surface area contributed by atoms with Crippen LogP contribution in [0.15, 0.2) is 23.1 Å². The van der Waals surface area contributed by atoms with Crippen molar-refractivity contribution in [2.45, 2.75) is 69.7 Å². The van der Waals surface area contributed by atoms with E-state index in [1.807, 2.05) is 13.8 Å². The number of benzene rings is 1. The molecule has 2 atom stereocenters. The van der Waals surface area contributed by atoms with Crippen molar-refractivity contribution in [3.8, 4) is 0 Å². The van der Waals surface area contributed by atoms with E-state index < -0.39 is 11.5 Å². The van der Waals surface area contributed by atoms with Gasteiger partial charge >= 0.3 is 5.97 Å². The summed E-state index contributed by atoms with van der Waals surface area (Å²) in [5.41, 5.74) is 1.66. The van der Waals surface area contributed by atoms with Crippen molar-refractivity contribution >= 4 is 17.7 Å². The molecular formula is C17H27NO2S. The number of aryl methyl sites for hydroxylation is 2. The predicted octanol–water partition coefficient (Wildman–Crippen LogP) is 4.02. The van der Waals surface area contributed by atoms with E-state index in [0.29, 0.717) is 6.42 Å². The van der Waals surface area contributed by atoms with Crippen LogP contribution < -0.4 is 5.32 Å². The number of carboxylic acids is 1. The van der Waals surface area contributed by atoms with Gasteiger partial charge in [-0.25, -0.2) is 0 Å². The maximum Gasteiger partial charge on any atom is 0.323 e. The first-order valence-electron chi connectivity index (χ1n) is 7.39.